The molecule has 30 heavy (non-hydrogen) atoms. The van der Waals surface area contributed by atoms with Gasteiger partial charge in [-0.2, -0.15) is 0 Å². The summed E-state index contributed by atoms with van der Waals surface area (Å²) in [5, 5.41) is 0. The maximum Gasteiger partial charge on any atom is 0.122 e. The zero-order valence-corrected chi connectivity index (χ0v) is 16.5. The SMILES string of the molecule is NCc1cccc(C(c2ccccc2)(c2ccccc2)n2cnc3ccncc32)c1. The number of hydrogen-bond acceptors (Lipinski definition) is 3. The van der Waals surface area contributed by atoms with E-state index in [9.17, 15) is 0 Å². The molecule has 4 nitrogen and oxygen atoms in total. The molecule has 0 unspecified atom stereocenters. The molecular weight excluding hydrogens is 368 g/mol. The van der Waals surface area contributed by atoms with Gasteiger partial charge in [-0.05, 0) is 28.3 Å². The van der Waals surface area contributed by atoms with E-state index in [1.54, 1.807) is 6.20 Å². The number of imidazole rings is 1. The van der Waals surface area contributed by atoms with Crippen LogP contribution < -0.4 is 5.73 Å². The number of nitrogens with zero attached hydrogens (tertiary/aromatic N) is 3. The van der Waals surface area contributed by atoms with Gasteiger partial charge in [-0.15, -0.1) is 0 Å². The van der Waals surface area contributed by atoms with Crippen LogP contribution in [0.5, 0.6) is 0 Å². The molecule has 0 fully saturated rings. The predicted molar refractivity (Wildman–Crippen MR) is 120 cm³/mol. The van der Waals surface area contributed by atoms with E-state index in [2.05, 4.69) is 82.3 Å². The summed E-state index contributed by atoms with van der Waals surface area (Å²) in [6.45, 7) is 0.486. The third-order valence-electron chi connectivity index (χ3n) is 5.67. The molecule has 0 atom stereocenters. The number of pyridine rings is 1. The molecule has 0 amide bonds. The highest BCUT2D eigenvalue weighted by molar-refractivity contribution is 5.75. The number of fused-ring (bicyclic) bond motifs is 1. The maximum atomic E-state index is 6.02. The lowest BCUT2D eigenvalue weighted by atomic mass is 9.76. The number of benzene rings is 3. The summed E-state index contributed by atoms with van der Waals surface area (Å²) >= 11 is 0. The Bertz CT molecular complexity index is 1240. The molecule has 2 heterocycles. The second-order valence-electron chi connectivity index (χ2n) is 7.33. The molecule has 4 heteroatoms. The van der Waals surface area contributed by atoms with Crippen LogP contribution in [0.3, 0.4) is 0 Å². The summed E-state index contributed by atoms with van der Waals surface area (Å²) < 4.78 is 2.23. The summed E-state index contributed by atoms with van der Waals surface area (Å²) in [6, 6.07) is 31.6. The van der Waals surface area contributed by atoms with Gasteiger partial charge >= 0.3 is 0 Å². The third kappa shape index (κ3) is 2.81. The van der Waals surface area contributed by atoms with Crippen LogP contribution >= 0.6 is 0 Å². The van der Waals surface area contributed by atoms with Gasteiger partial charge in [-0.3, -0.25) is 4.98 Å². The van der Waals surface area contributed by atoms with Crippen molar-refractivity contribution >= 4 is 11.0 Å². The van der Waals surface area contributed by atoms with E-state index in [1.807, 2.05) is 30.7 Å². The molecular formula is C26H22N4. The van der Waals surface area contributed by atoms with Crippen LogP contribution in [0, 0.1) is 0 Å². The number of aromatic nitrogens is 3. The summed E-state index contributed by atoms with van der Waals surface area (Å²) in [5.41, 5.74) is 11.8. The fraction of sp³-hybridized carbons (Fsp3) is 0.0769. The molecule has 0 aliphatic heterocycles. The molecule has 0 radical (unpaired) electrons. The molecule has 2 aromatic heterocycles. The highest BCUT2D eigenvalue weighted by Crippen LogP contribution is 2.42. The van der Waals surface area contributed by atoms with Crippen molar-refractivity contribution in [2.24, 2.45) is 5.73 Å². The largest absolute Gasteiger partial charge is 0.326 e. The first kappa shape index (κ1) is 18.3. The summed E-state index contributed by atoms with van der Waals surface area (Å²) in [6.07, 6.45) is 5.58. The van der Waals surface area contributed by atoms with Crippen molar-refractivity contribution in [2.75, 3.05) is 0 Å². The van der Waals surface area contributed by atoms with Gasteiger partial charge in [0.2, 0.25) is 0 Å². The molecule has 0 aliphatic rings. The highest BCUT2D eigenvalue weighted by atomic mass is 15.1. The smallest absolute Gasteiger partial charge is 0.122 e. The molecule has 5 aromatic rings. The quantitative estimate of drug-likeness (QED) is 0.441. The first-order chi connectivity index (χ1) is 14.8. The Morgan fingerprint density at radius 2 is 1.43 bits per heavy atom. The maximum absolute atomic E-state index is 6.02. The zero-order valence-electron chi connectivity index (χ0n) is 16.5. The molecule has 146 valence electrons. The lowest BCUT2D eigenvalue weighted by Gasteiger charge is -2.38. The van der Waals surface area contributed by atoms with Gasteiger partial charge in [0, 0.05) is 12.7 Å². The number of nitrogens with two attached hydrogens (primary N) is 1. The van der Waals surface area contributed by atoms with Crippen LogP contribution in [0.15, 0.2) is 110 Å². The van der Waals surface area contributed by atoms with E-state index < -0.39 is 5.54 Å². The van der Waals surface area contributed by atoms with Gasteiger partial charge < -0.3 is 10.3 Å². The molecule has 0 aliphatic carbocycles. The number of hydrogen-bond donors (Lipinski definition) is 1. The van der Waals surface area contributed by atoms with Crippen molar-refractivity contribution in [3.63, 3.8) is 0 Å². The minimum atomic E-state index is -0.620. The zero-order chi connectivity index (χ0) is 20.4. The van der Waals surface area contributed by atoms with E-state index in [4.69, 9.17) is 10.7 Å². The monoisotopic (exact) mass is 390 g/mol. The Morgan fingerprint density at radius 1 is 0.767 bits per heavy atom. The first-order valence-corrected chi connectivity index (χ1v) is 10.0. The topological polar surface area (TPSA) is 56.7 Å². The van der Waals surface area contributed by atoms with Gasteiger partial charge in [0.05, 0.1) is 23.6 Å². The lowest BCUT2D eigenvalue weighted by molar-refractivity contribution is 0.528. The van der Waals surface area contributed by atoms with Crippen LogP contribution in [0.2, 0.25) is 0 Å². The van der Waals surface area contributed by atoms with E-state index in [0.29, 0.717) is 6.54 Å². The van der Waals surface area contributed by atoms with E-state index in [-0.39, 0.29) is 0 Å². The second kappa shape index (κ2) is 7.58. The Kier molecular flexibility index (Phi) is 4.62. The Balaban J connectivity index is 1.96. The Hall–Kier alpha value is -3.76. The summed E-state index contributed by atoms with van der Waals surface area (Å²) in [7, 11) is 0. The highest BCUT2D eigenvalue weighted by Gasteiger charge is 2.39. The van der Waals surface area contributed by atoms with Gasteiger partial charge in [0.1, 0.15) is 5.54 Å². The summed E-state index contributed by atoms with van der Waals surface area (Å²) in [5.74, 6) is 0. The minimum absolute atomic E-state index is 0.486. The van der Waals surface area contributed by atoms with Gasteiger partial charge in [0.25, 0.3) is 0 Å². The van der Waals surface area contributed by atoms with Crippen molar-refractivity contribution in [1.29, 1.82) is 0 Å². The van der Waals surface area contributed by atoms with E-state index in [0.717, 1.165) is 33.3 Å². The molecule has 3 aromatic carbocycles. The first-order valence-electron chi connectivity index (χ1n) is 10.0. The van der Waals surface area contributed by atoms with Crippen molar-refractivity contribution in [2.45, 2.75) is 12.1 Å². The molecule has 0 bridgehead atoms. The van der Waals surface area contributed by atoms with Crippen LogP contribution in [-0.2, 0) is 12.1 Å². The van der Waals surface area contributed by atoms with Crippen molar-refractivity contribution < 1.29 is 0 Å². The van der Waals surface area contributed by atoms with Gasteiger partial charge in [-0.1, -0.05) is 84.9 Å². The molecule has 0 saturated heterocycles. The minimum Gasteiger partial charge on any atom is -0.326 e. The van der Waals surface area contributed by atoms with Crippen molar-refractivity contribution in [1.82, 2.24) is 14.5 Å². The molecule has 2 N–H and O–H groups in total. The molecule has 0 saturated carbocycles. The fourth-order valence-corrected chi connectivity index (χ4v) is 4.32. The average Bonchev–Trinajstić information content (AvgIpc) is 3.26. The standard InChI is InChI=1S/C26H22N4/c27-17-20-8-7-13-23(16-20)26(21-9-3-1-4-10-21,22-11-5-2-6-12-22)30-19-29-24-14-15-28-18-25(24)30/h1-16,18-19H,17,27H2. The van der Waals surface area contributed by atoms with Gasteiger partial charge in [-0.25, -0.2) is 4.98 Å². The van der Waals surface area contributed by atoms with Gasteiger partial charge in [0.15, 0.2) is 0 Å². The molecule has 0 spiro atoms. The van der Waals surface area contributed by atoms with Crippen molar-refractivity contribution in [3.8, 4) is 0 Å². The second-order valence-corrected chi connectivity index (χ2v) is 7.33. The lowest BCUT2D eigenvalue weighted by Crippen LogP contribution is -2.37. The third-order valence-corrected chi connectivity index (χ3v) is 5.67. The van der Waals surface area contributed by atoms with Crippen LogP contribution in [0.4, 0.5) is 0 Å². The van der Waals surface area contributed by atoms with E-state index in [1.165, 1.54) is 0 Å². The van der Waals surface area contributed by atoms with Crippen LogP contribution in [0.25, 0.3) is 11.0 Å². The summed E-state index contributed by atoms with van der Waals surface area (Å²) in [4.78, 5) is 9.10. The van der Waals surface area contributed by atoms with Crippen LogP contribution in [-0.4, -0.2) is 14.5 Å². The Labute approximate surface area is 175 Å². The molecule has 5 rings (SSSR count). The van der Waals surface area contributed by atoms with Crippen LogP contribution in [0.1, 0.15) is 22.3 Å². The predicted octanol–water partition coefficient (Wildman–Crippen LogP) is 4.73. The fourth-order valence-electron chi connectivity index (χ4n) is 4.32. The average molecular weight is 390 g/mol. The number of rotatable bonds is 5. The van der Waals surface area contributed by atoms with Crippen molar-refractivity contribution in [3.05, 3.63) is 132 Å². The van der Waals surface area contributed by atoms with E-state index >= 15 is 0 Å². The normalized spacial score (nSPS) is 11.6. The Morgan fingerprint density at radius 3 is 2.10 bits per heavy atom.